The van der Waals surface area contributed by atoms with E-state index in [4.69, 9.17) is 9.84 Å². The van der Waals surface area contributed by atoms with Crippen molar-refractivity contribution in [1.29, 1.82) is 0 Å². The van der Waals surface area contributed by atoms with Crippen molar-refractivity contribution in [2.24, 2.45) is 0 Å². The Hall–Kier alpha value is -2.10. The van der Waals surface area contributed by atoms with Crippen molar-refractivity contribution in [3.05, 3.63) is 33.4 Å². The van der Waals surface area contributed by atoms with E-state index in [9.17, 15) is 14.7 Å². The lowest BCUT2D eigenvalue weighted by Crippen LogP contribution is -2.33. The number of fused-ring (bicyclic) bond motifs is 1. The molecule has 3 heterocycles. The lowest BCUT2D eigenvalue weighted by Gasteiger charge is -2.15. The molecule has 1 fully saturated rings. The molecule has 3 N–H and O–H groups in total. The summed E-state index contributed by atoms with van der Waals surface area (Å²) in [6.45, 7) is -0.358. The van der Waals surface area contributed by atoms with Crippen molar-refractivity contribution in [1.82, 2.24) is 19.5 Å². The minimum absolute atomic E-state index is 0.121. The first kappa shape index (κ1) is 12.9. The molecule has 0 aliphatic carbocycles. The summed E-state index contributed by atoms with van der Waals surface area (Å²) in [5.41, 5.74) is -1.14. The fraction of sp³-hybridized carbons (Fsp3) is 0.455. The van der Waals surface area contributed by atoms with Crippen molar-refractivity contribution in [2.45, 2.75) is 24.9 Å². The fourth-order valence-electron chi connectivity index (χ4n) is 2.30. The third kappa shape index (κ3) is 1.92. The third-order valence-electron chi connectivity index (χ3n) is 3.28. The average Bonchev–Trinajstić information content (AvgIpc) is 2.80. The first-order chi connectivity index (χ1) is 9.61. The van der Waals surface area contributed by atoms with E-state index in [1.54, 1.807) is 0 Å². The minimum Gasteiger partial charge on any atom is -0.394 e. The van der Waals surface area contributed by atoms with Gasteiger partial charge >= 0.3 is 5.69 Å². The Kier molecular flexibility index (Phi) is 3.08. The molecular weight excluding hydrogens is 268 g/mol. The highest BCUT2D eigenvalue weighted by Gasteiger charge is 2.36. The Bertz CT molecular complexity index is 754. The molecule has 0 amide bonds. The van der Waals surface area contributed by atoms with E-state index in [1.165, 1.54) is 12.5 Å². The van der Waals surface area contributed by atoms with Gasteiger partial charge in [-0.1, -0.05) is 0 Å². The molecule has 0 spiro atoms. The Balaban J connectivity index is 2.18. The molecule has 1 aliphatic rings. The first-order valence-electron chi connectivity index (χ1n) is 6.00. The molecule has 20 heavy (non-hydrogen) atoms. The standard InChI is InChI=1S/C11H12N4O5/c16-3-7-6(17)1-8(20-7)15-9-5(2-12-4-13-9)10(18)14-11(15)19/h2,4,6-8,16-17H,1,3H2,(H,14,18,19)/t6-,7+,8-/m0/s1. The molecular formula is C11H12N4O5. The summed E-state index contributed by atoms with van der Waals surface area (Å²) in [6, 6.07) is 0. The second kappa shape index (κ2) is 4.78. The smallest absolute Gasteiger partial charge is 0.332 e. The summed E-state index contributed by atoms with van der Waals surface area (Å²) in [5, 5.41) is 19.0. The summed E-state index contributed by atoms with van der Waals surface area (Å²) in [4.78, 5) is 33.5. The number of rotatable bonds is 2. The van der Waals surface area contributed by atoms with Crippen LogP contribution in [0.4, 0.5) is 0 Å². The quantitative estimate of drug-likeness (QED) is 0.586. The molecule has 9 heteroatoms. The molecule has 2 aromatic heterocycles. The van der Waals surface area contributed by atoms with Crippen LogP contribution in [0.1, 0.15) is 12.6 Å². The summed E-state index contributed by atoms with van der Waals surface area (Å²) in [5.74, 6) is 0. The number of nitrogens with zero attached hydrogens (tertiary/aromatic N) is 3. The van der Waals surface area contributed by atoms with E-state index in [1.807, 2.05) is 0 Å². The highest BCUT2D eigenvalue weighted by Crippen LogP contribution is 2.28. The van der Waals surface area contributed by atoms with E-state index in [2.05, 4.69) is 15.0 Å². The maximum absolute atomic E-state index is 12.0. The van der Waals surface area contributed by atoms with Crippen LogP contribution in [0.5, 0.6) is 0 Å². The van der Waals surface area contributed by atoms with Gasteiger partial charge in [-0.3, -0.25) is 14.3 Å². The summed E-state index contributed by atoms with van der Waals surface area (Å²) >= 11 is 0. The van der Waals surface area contributed by atoms with Gasteiger partial charge in [0.1, 0.15) is 24.0 Å². The van der Waals surface area contributed by atoms with Crippen LogP contribution in [0.25, 0.3) is 11.0 Å². The Morgan fingerprint density at radius 2 is 2.30 bits per heavy atom. The minimum atomic E-state index is -0.888. The van der Waals surface area contributed by atoms with Crippen molar-refractivity contribution in [2.75, 3.05) is 6.61 Å². The third-order valence-corrected chi connectivity index (χ3v) is 3.28. The summed E-state index contributed by atoms with van der Waals surface area (Å²) < 4.78 is 6.57. The summed E-state index contributed by atoms with van der Waals surface area (Å²) in [7, 11) is 0. The predicted molar refractivity (Wildman–Crippen MR) is 66.0 cm³/mol. The molecule has 1 aliphatic heterocycles. The van der Waals surface area contributed by atoms with Crippen molar-refractivity contribution >= 4 is 11.0 Å². The van der Waals surface area contributed by atoms with Gasteiger partial charge in [0.15, 0.2) is 5.65 Å². The van der Waals surface area contributed by atoms with Crippen LogP contribution < -0.4 is 11.2 Å². The van der Waals surface area contributed by atoms with Gasteiger partial charge in [0.25, 0.3) is 5.56 Å². The van der Waals surface area contributed by atoms with Gasteiger partial charge < -0.3 is 14.9 Å². The van der Waals surface area contributed by atoms with Crippen LogP contribution in [-0.2, 0) is 4.74 Å². The van der Waals surface area contributed by atoms with Crippen LogP contribution in [0.2, 0.25) is 0 Å². The summed E-state index contributed by atoms with van der Waals surface area (Å²) in [6.07, 6.45) is 0.176. The van der Waals surface area contributed by atoms with Crippen LogP contribution >= 0.6 is 0 Å². The molecule has 0 aromatic carbocycles. The number of aromatic nitrogens is 4. The topological polar surface area (TPSA) is 130 Å². The van der Waals surface area contributed by atoms with E-state index in [-0.39, 0.29) is 24.1 Å². The number of aliphatic hydroxyl groups is 2. The van der Waals surface area contributed by atoms with Gasteiger partial charge in [0, 0.05) is 12.6 Å². The molecule has 2 aromatic rings. The molecule has 0 bridgehead atoms. The highest BCUT2D eigenvalue weighted by atomic mass is 16.5. The molecule has 3 rings (SSSR count). The normalized spacial score (nSPS) is 26.2. The number of aromatic amines is 1. The monoisotopic (exact) mass is 280 g/mol. The lowest BCUT2D eigenvalue weighted by atomic mass is 10.2. The Labute approximate surface area is 111 Å². The van der Waals surface area contributed by atoms with Gasteiger partial charge in [-0.15, -0.1) is 0 Å². The number of H-pyrrole nitrogens is 1. The van der Waals surface area contributed by atoms with Gasteiger partial charge in [0.05, 0.1) is 12.7 Å². The Morgan fingerprint density at radius 3 is 3.00 bits per heavy atom. The number of aliphatic hydroxyl groups excluding tert-OH is 2. The fourth-order valence-corrected chi connectivity index (χ4v) is 2.30. The maximum atomic E-state index is 12.0. The highest BCUT2D eigenvalue weighted by molar-refractivity contribution is 5.72. The number of ether oxygens (including phenoxy) is 1. The second-order valence-corrected chi connectivity index (χ2v) is 4.50. The second-order valence-electron chi connectivity index (χ2n) is 4.50. The SMILES string of the molecule is O=c1[nH]c(=O)n([C@@H]2C[C@H](O)[C@@H](CO)O2)c2ncncc12. The van der Waals surface area contributed by atoms with Crippen LogP contribution in [0, 0.1) is 0 Å². The largest absolute Gasteiger partial charge is 0.394 e. The Morgan fingerprint density at radius 1 is 1.50 bits per heavy atom. The number of hydrogen-bond acceptors (Lipinski definition) is 7. The zero-order chi connectivity index (χ0) is 14.3. The molecule has 106 valence electrons. The van der Waals surface area contributed by atoms with Crippen molar-refractivity contribution in [3.8, 4) is 0 Å². The zero-order valence-corrected chi connectivity index (χ0v) is 10.3. The molecule has 1 saturated heterocycles. The molecule has 9 nitrogen and oxygen atoms in total. The number of nitrogens with one attached hydrogen (secondary N) is 1. The van der Waals surface area contributed by atoms with E-state index in [0.29, 0.717) is 0 Å². The van der Waals surface area contributed by atoms with Crippen LogP contribution in [-0.4, -0.2) is 48.5 Å². The lowest BCUT2D eigenvalue weighted by molar-refractivity contribution is -0.0445. The molecule has 0 unspecified atom stereocenters. The predicted octanol–water partition coefficient (Wildman–Crippen LogP) is -1.88. The zero-order valence-electron chi connectivity index (χ0n) is 10.3. The molecule has 0 radical (unpaired) electrons. The van der Waals surface area contributed by atoms with Gasteiger partial charge in [-0.25, -0.2) is 14.8 Å². The maximum Gasteiger partial charge on any atom is 0.332 e. The van der Waals surface area contributed by atoms with E-state index >= 15 is 0 Å². The van der Waals surface area contributed by atoms with E-state index in [0.717, 1.165) is 4.57 Å². The first-order valence-corrected chi connectivity index (χ1v) is 6.00. The average molecular weight is 280 g/mol. The van der Waals surface area contributed by atoms with Gasteiger partial charge in [-0.05, 0) is 0 Å². The number of hydrogen-bond donors (Lipinski definition) is 3. The van der Waals surface area contributed by atoms with Crippen molar-refractivity contribution in [3.63, 3.8) is 0 Å². The molecule has 0 saturated carbocycles. The van der Waals surface area contributed by atoms with E-state index < -0.39 is 29.7 Å². The van der Waals surface area contributed by atoms with Gasteiger partial charge in [-0.2, -0.15) is 0 Å². The molecule has 3 atom stereocenters. The van der Waals surface area contributed by atoms with Crippen LogP contribution in [0.15, 0.2) is 22.1 Å². The van der Waals surface area contributed by atoms with Gasteiger partial charge in [0.2, 0.25) is 0 Å². The van der Waals surface area contributed by atoms with Crippen LogP contribution in [0.3, 0.4) is 0 Å². The van der Waals surface area contributed by atoms with Crippen molar-refractivity contribution < 1.29 is 14.9 Å².